The van der Waals surface area contributed by atoms with Crippen molar-refractivity contribution in [3.8, 4) is 5.75 Å². The predicted octanol–water partition coefficient (Wildman–Crippen LogP) is 1.87. The second-order valence-corrected chi connectivity index (χ2v) is 10.1. The van der Waals surface area contributed by atoms with E-state index < -0.39 is 30.4 Å². The van der Waals surface area contributed by atoms with Crippen molar-refractivity contribution in [1.29, 1.82) is 0 Å². The maximum Gasteiger partial charge on any atom is 0.422 e. The first-order valence-electron chi connectivity index (χ1n) is 12.2. The predicted molar refractivity (Wildman–Crippen MR) is 118 cm³/mol. The fourth-order valence-electron chi connectivity index (χ4n) is 5.86. The summed E-state index contributed by atoms with van der Waals surface area (Å²) in [6.07, 6.45) is -2.73. The van der Waals surface area contributed by atoms with Gasteiger partial charge in [-0.1, -0.05) is 6.07 Å². The number of amides is 2. The molecule has 37 heavy (non-hydrogen) atoms. The lowest BCUT2D eigenvalue weighted by molar-refractivity contribution is -0.268. The van der Waals surface area contributed by atoms with Crippen LogP contribution in [0.4, 0.5) is 22.4 Å². The molecule has 2 fully saturated rings. The molecule has 2 amide bonds. The van der Waals surface area contributed by atoms with E-state index >= 15 is 0 Å². The Labute approximate surface area is 209 Å². The number of aromatic amines is 1. The number of piperidine rings is 1. The molecule has 0 bridgehead atoms. The molecular weight excluding hydrogens is 498 g/mol. The summed E-state index contributed by atoms with van der Waals surface area (Å²) in [5.74, 6) is -1.70. The molecule has 3 aliphatic rings. The molecular formula is C24H26F4N5O4-. The van der Waals surface area contributed by atoms with Crippen molar-refractivity contribution in [2.45, 2.75) is 50.7 Å². The number of nitrogens with one attached hydrogen (secondary N) is 1. The number of halogens is 4. The average molecular weight is 524 g/mol. The molecule has 2 aliphatic heterocycles. The van der Waals surface area contributed by atoms with Crippen LogP contribution in [-0.4, -0.2) is 75.7 Å². The van der Waals surface area contributed by atoms with E-state index in [0.29, 0.717) is 44.2 Å². The highest BCUT2D eigenvalue weighted by Crippen LogP contribution is 2.48. The SMILES string of the molecule is O=C([O-])N1CCC2(CC1)CN(C(=O)C1CCc3n[nH]nc3C1)C2Cc1ccc(OCC(F)(F)F)c(F)c1. The fraction of sp³-hybridized carbons (Fsp3) is 0.583. The van der Waals surface area contributed by atoms with Gasteiger partial charge in [0.25, 0.3) is 0 Å². The maximum absolute atomic E-state index is 14.6. The van der Waals surface area contributed by atoms with Gasteiger partial charge in [-0.15, -0.1) is 0 Å². The fourth-order valence-corrected chi connectivity index (χ4v) is 5.86. The molecule has 2 unspecified atom stereocenters. The molecule has 1 aromatic heterocycles. The quantitative estimate of drug-likeness (QED) is 0.598. The van der Waals surface area contributed by atoms with Crippen molar-refractivity contribution in [2.75, 3.05) is 26.2 Å². The van der Waals surface area contributed by atoms with Crippen LogP contribution in [0.5, 0.6) is 5.75 Å². The van der Waals surface area contributed by atoms with Gasteiger partial charge < -0.3 is 24.4 Å². The topological polar surface area (TPSA) is 114 Å². The Kier molecular flexibility index (Phi) is 6.48. The number of ether oxygens (including phenoxy) is 1. The van der Waals surface area contributed by atoms with Crippen molar-refractivity contribution < 1.29 is 37.0 Å². The second-order valence-electron chi connectivity index (χ2n) is 10.1. The summed E-state index contributed by atoms with van der Waals surface area (Å²) in [4.78, 5) is 27.9. The molecule has 9 nitrogen and oxygen atoms in total. The lowest BCUT2D eigenvalue weighted by Gasteiger charge is -2.61. The molecule has 1 N–H and O–H groups in total. The van der Waals surface area contributed by atoms with Crippen LogP contribution in [0.3, 0.4) is 0 Å². The summed E-state index contributed by atoms with van der Waals surface area (Å²) in [5.41, 5.74) is 1.81. The molecule has 3 heterocycles. The highest BCUT2D eigenvalue weighted by Gasteiger charge is 2.55. The first kappa shape index (κ1) is 25.3. The van der Waals surface area contributed by atoms with Crippen LogP contribution < -0.4 is 9.84 Å². The number of hydrogen-bond acceptors (Lipinski definition) is 6. The van der Waals surface area contributed by atoms with Crippen LogP contribution in [-0.2, 0) is 24.1 Å². The summed E-state index contributed by atoms with van der Waals surface area (Å²) in [5, 5.41) is 22.1. The number of aromatic nitrogens is 3. The molecule has 1 spiro atoms. The Hall–Kier alpha value is -3.38. The summed E-state index contributed by atoms with van der Waals surface area (Å²) >= 11 is 0. The average Bonchev–Trinajstić information content (AvgIpc) is 3.32. The van der Waals surface area contributed by atoms with Gasteiger partial charge in [0.15, 0.2) is 18.2 Å². The Balaban J connectivity index is 1.33. The number of hydrogen-bond donors (Lipinski definition) is 1. The standard InChI is InChI=1S/C24H27F4N5O4/c25-16-9-14(1-4-19(16)37-13-24(26,27)28)10-20-23(5-7-32(8-6-23)22(35)36)12-33(20)21(34)15-2-3-17-18(11-15)30-31-29-17/h1,4,9,15,20H,2-3,5-8,10-13H2,(H,35,36)(H,29,30,31)/p-1. The van der Waals surface area contributed by atoms with Crippen LogP contribution in [0.25, 0.3) is 0 Å². The highest BCUT2D eigenvalue weighted by molar-refractivity contribution is 5.81. The Bertz CT molecular complexity index is 1180. The molecule has 200 valence electrons. The third-order valence-electron chi connectivity index (χ3n) is 7.91. The van der Waals surface area contributed by atoms with Gasteiger partial charge in [-0.05, 0) is 49.8 Å². The van der Waals surface area contributed by atoms with Crippen molar-refractivity contribution in [1.82, 2.24) is 25.2 Å². The molecule has 2 atom stereocenters. The molecule has 1 aromatic carbocycles. The van der Waals surface area contributed by atoms with Crippen molar-refractivity contribution in [3.05, 3.63) is 41.0 Å². The van der Waals surface area contributed by atoms with E-state index in [1.807, 2.05) is 0 Å². The number of likely N-dealkylation sites (tertiary alicyclic amines) is 2. The Morgan fingerprint density at radius 2 is 1.92 bits per heavy atom. The number of benzene rings is 1. The number of rotatable bonds is 5. The smallest absolute Gasteiger partial charge is 0.422 e. The number of aryl methyl sites for hydroxylation is 1. The van der Waals surface area contributed by atoms with E-state index in [4.69, 9.17) is 0 Å². The first-order chi connectivity index (χ1) is 17.5. The van der Waals surface area contributed by atoms with Gasteiger partial charge in [0.1, 0.15) is 6.09 Å². The summed E-state index contributed by atoms with van der Waals surface area (Å²) in [7, 11) is 0. The number of carboxylic acid groups (broad SMARTS) is 1. The molecule has 2 aromatic rings. The first-order valence-corrected chi connectivity index (χ1v) is 12.2. The van der Waals surface area contributed by atoms with Crippen LogP contribution in [0.2, 0.25) is 0 Å². The van der Waals surface area contributed by atoms with Crippen molar-refractivity contribution in [2.24, 2.45) is 11.3 Å². The van der Waals surface area contributed by atoms with Crippen LogP contribution in [0, 0.1) is 17.2 Å². The van der Waals surface area contributed by atoms with Gasteiger partial charge in [-0.25, -0.2) is 4.39 Å². The van der Waals surface area contributed by atoms with Gasteiger partial charge in [0.05, 0.1) is 11.4 Å². The summed E-state index contributed by atoms with van der Waals surface area (Å²) < 4.78 is 56.5. The van der Waals surface area contributed by atoms with Crippen LogP contribution >= 0.6 is 0 Å². The minimum absolute atomic E-state index is 0.0304. The molecule has 13 heteroatoms. The van der Waals surface area contributed by atoms with E-state index in [0.717, 1.165) is 17.5 Å². The van der Waals surface area contributed by atoms with E-state index in [9.17, 15) is 32.3 Å². The highest BCUT2D eigenvalue weighted by atomic mass is 19.4. The zero-order chi connectivity index (χ0) is 26.4. The maximum atomic E-state index is 14.6. The number of fused-ring (bicyclic) bond motifs is 1. The lowest BCUT2D eigenvalue weighted by atomic mass is 9.63. The largest absolute Gasteiger partial charge is 0.530 e. The van der Waals surface area contributed by atoms with Crippen molar-refractivity contribution in [3.63, 3.8) is 0 Å². The number of alkyl halides is 3. The molecule has 1 aliphatic carbocycles. The minimum atomic E-state index is -4.59. The third kappa shape index (κ3) is 5.08. The normalized spacial score (nSPS) is 22.9. The summed E-state index contributed by atoms with van der Waals surface area (Å²) in [6.45, 7) is -0.563. The Morgan fingerprint density at radius 1 is 1.19 bits per heavy atom. The monoisotopic (exact) mass is 524 g/mol. The van der Waals surface area contributed by atoms with E-state index in [1.54, 1.807) is 4.90 Å². The zero-order valence-corrected chi connectivity index (χ0v) is 19.9. The number of H-pyrrole nitrogens is 1. The van der Waals surface area contributed by atoms with Crippen LogP contribution in [0.1, 0.15) is 36.2 Å². The van der Waals surface area contributed by atoms with E-state index in [1.165, 1.54) is 17.0 Å². The second kappa shape index (κ2) is 9.49. The zero-order valence-electron chi connectivity index (χ0n) is 19.9. The van der Waals surface area contributed by atoms with E-state index in [-0.39, 0.29) is 42.8 Å². The number of carbonyl (C=O) groups excluding carboxylic acids is 2. The van der Waals surface area contributed by atoms with Gasteiger partial charge in [0, 0.05) is 43.4 Å². The van der Waals surface area contributed by atoms with Crippen molar-refractivity contribution >= 4 is 12.0 Å². The molecule has 0 saturated carbocycles. The van der Waals surface area contributed by atoms with E-state index in [2.05, 4.69) is 20.1 Å². The summed E-state index contributed by atoms with van der Waals surface area (Å²) in [6, 6.07) is 3.50. The number of carbonyl (C=O) groups is 2. The van der Waals surface area contributed by atoms with Gasteiger partial charge >= 0.3 is 6.18 Å². The minimum Gasteiger partial charge on any atom is -0.530 e. The van der Waals surface area contributed by atoms with Gasteiger partial charge in [0.2, 0.25) is 5.91 Å². The number of nitrogens with zero attached hydrogens (tertiary/aromatic N) is 4. The molecule has 5 rings (SSSR count). The lowest BCUT2D eigenvalue weighted by Crippen LogP contribution is -2.70. The molecule has 2 saturated heterocycles. The third-order valence-corrected chi connectivity index (χ3v) is 7.91. The Morgan fingerprint density at radius 3 is 2.59 bits per heavy atom. The molecule has 0 radical (unpaired) electrons. The van der Waals surface area contributed by atoms with Gasteiger partial charge in [-0.2, -0.15) is 28.6 Å². The van der Waals surface area contributed by atoms with Crippen LogP contribution in [0.15, 0.2) is 18.2 Å². The van der Waals surface area contributed by atoms with Gasteiger partial charge in [-0.3, -0.25) is 4.79 Å².